The molecule has 0 radical (unpaired) electrons. The molecular formula is C20H33N3O3. The molecule has 0 aromatic rings. The molecule has 26 heavy (non-hydrogen) atoms. The van der Waals surface area contributed by atoms with Gasteiger partial charge in [-0.15, -0.1) is 0 Å². The number of hydrogen-bond donors (Lipinski definition) is 3. The Morgan fingerprint density at radius 2 is 1.85 bits per heavy atom. The van der Waals surface area contributed by atoms with Gasteiger partial charge in [0.2, 0.25) is 11.8 Å². The number of rotatable bonds is 5. The van der Waals surface area contributed by atoms with Crippen LogP contribution in [0.5, 0.6) is 0 Å². The van der Waals surface area contributed by atoms with Crippen molar-refractivity contribution in [2.75, 3.05) is 19.6 Å². The lowest BCUT2D eigenvalue weighted by Gasteiger charge is -2.59. The third kappa shape index (κ3) is 3.15. The first kappa shape index (κ1) is 18.2. The Bertz CT molecular complexity index is 549. The minimum Gasteiger partial charge on any atom is -0.387 e. The van der Waals surface area contributed by atoms with Crippen LogP contribution in [0.3, 0.4) is 0 Å². The number of aliphatic hydroxyl groups is 1. The number of nitrogens with one attached hydrogen (secondary N) is 2. The number of hydrogen-bond acceptors (Lipinski definition) is 4. The summed E-state index contributed by atoms with van der Waals surface area (Å²) in [5.41, 5.74) is -0.740. The number of carbonyl (C=O) groups is 2. The second kappa shape index (κ2) is 6.79. The zero-order valence-corrected chi connectivity index (χ0v) is 16.0. The van der Waals surface area contributed by atoms with Crippen molar-refractivity contribution in [3.63, 3.8) is 0 Å². The van der Waals surface area contributed by atoms with E-state index in [0.29, 0.717) is 24.9 Å². The molecule has 4 bridgehead atoms. The highest BCUT2D eigenvalue weighted by atomic mass is 16.3. The van der Waals surface area contributed by atoms with Crippen molar-refractivity contribution in [1.29, 1.82) is 0 Å². The average molecular weight is 364 g/mol. The second-order valence-corrected chi connectivity index (χ2v) is 9.41. The van der Waals surface area contributed by atoms with Crippen molar-refractivity contribution in [3.8, 4) is 0 Å². The Morgan fingerprint density at radius 1 is 1.23 bits per heavy atom. The van der Waals surface area contributed by atoms with E-state index in [0.717, 1.165) is 44.1 Å². The van der Waals surface area contributed by atoms with E-state index in [1.807, 2.05) is 0 Å². The molecule has 1 saturated heterocycles. The largest absolute Gasteiger partial charge is 0.387 e. The topological polar surface area (TPSA) is 81.7 Å². The molecule has 5 aliphatic rings. The predicted molar refractivity (Wildman–Crippen MR) is 98.3 cm³/mol. The van der Waals surface area contributed by atoms with Crippen LogP contribution < -0.4 is 10.6 Å². The fourth-order valence-corrected chi connectivity index (χ4v) is 6.34. The molecule has 5 fully saturated rings. The fraction of sp³-hybridized carbons (Fsp3) is 0.900. The highest BCUT2D eigenvalue weighted by Crippen LogP contribution is 2.58. The fourth-order valence-electron chi connectivity index (χ4n) is 6.34. The Morgan fingerprint density at radius 3 is 2.42 bits per heavy atom. The molecule has 1 aliphatic heterocycles. The average Bonchev–Trinajstić information content (AvgIpc) is 2.59. The van der Waals surface area contributed by atoms with Crippen LogP contribution >= 0.6 is 0 Å². The maximum Gasteiger partial charge on any atom is 0.237 e. The summed E-state index contributed by atoms with van der Waals surface area (Å²) in [4.78, 5) is 26.9. The third-order valence-corrected chi connectivity index (χ3v) is 7.53. The molecule has 2 amide bonds. The van der Waals surface area contributed by atoms with Crippen LogP contribution in [0.4, 0.5) is 0 Å². The summed E-state index contributed by atoms with van der Waals surface area (Å²) in [5.74, 6) is 2.07. The van der Waals surface area contributed by atoms with Gasteiger partial charge in [-0.3, -0.25) is 14.5 Å². The monoisotopic (exact) mass is 363 g/mol. The van der Waals surface area contributed by atoms with E-state index in [-0.39, 0.29) is 24.3 Å². The molecule has 146 valence electrons. The lowest BCUT2D eigenvalue weighted by atomic mass is 9.50. The molecule has 6 heteroatoms. The second-order valence-electron chi connectivity index (χ2n) is 9.41. The third-order valence-electron chi connectivity index (χ3n) is 7.53. The predicted octanol–water partition coefficient (Wildman–Crippen LogP) is 0.889. The molecule has 0 aromatic carbocycles. The van der Waals surface area contributed by atoms with Crippen LogP contribution in [-0.2, 0) is 9.59 Å². The minimum atomic E-state index is -0.740. The van der Waals surface area contributed by atoms with Crippen LogP contribution in [0, 0.1) is 23.7 Å². The van der Waals surface area contributed by atoms with Gasteiger partial charge >= 0.3 is 0 Å². The van der Waals surface area contributed by atoms with Crippen molar-refractivity contribution in [3.05, 3.63) is 0 Å². The summed E-state index contributed by atoms with van der Waals surface area (Å²) in [6.45, 7) is 5.87. The van der Waals surface area contributed by atoms with Crippen LogP contribution in [0.2, 0.25) is 0 Å². The van der Waals surface area contributed by atoms with Gasteiger partial charge in [0.05, 0.1) is 18.1 Å². The van der Waals surface area contributed by atoms with Gasteiger partial charge in [-0.25, -0.2) is 0 Å². The molecule has 1 atom stereocenters. The molecule has 0 unspecified atom stereocenters. The summed E-state index contributed by atoms with van der Waals surface area (Å²) < 4.78 is 0. The van der Waals surface area contributed by atoms with Gasteiger partial charge in [0.1, 0.15) is 0 Å². The van der Waals surface area contributed by atoms with Crippen molar-refractivity contribution < 1.29 is 14.7 Å². The van der Waals surface area contributed by atoms with Gasteiger partial charge in [-0.2, -0.15) is 0 Å². The number of nitrogens with zero attached hydrogens (tertiary/aromatic N) is 1. The molecule has 0 spiro atoms. The van der Waals surface area contributed by atoms with Gasteiger partial charge < -0.3 is 15.7 Å². The van der Waals surface area contributed by atoms with E-state index in [1.165, 1.54) is 6.42 Å². The van der Waals surface area contributed by atoms with Gasteiger partial charge in [0.15, 0.2) is 0 Å². The number of amides is 2. The van der Waals surface area contributed by atoms with Crippen LogP contribution in [0.15, 0.2) is 0 Å². The summed E-state index contributed by atoms with van der Waals surface area (Å²) in [5, 5.41) is 17.2. The minimum absolute atomic E-state index is 0.0616. The number of piperazine rings is 1. The van der Waals surface area contributed by atoms with Gasteiger partial charge in [0, 0.05) is 25.7 Å². The van der Waals surface area contributed by atoms with Crippen LogP contribution in [-0.4, -0.2) is 59.1 Å². The van der Waals surface area contributed by atoms with E-state index in [9.17, 15) is 14.7 Å². The van der Waals surface area contributed by atoms with E-state index < -0.39 is 11.6 Å². The molecule has 3 N–H and O–H groups in total. The van der Waals surface area contributed by atoms with Crippen molar-refractivity contribution in [2.24, 2.45) is 23.7 Å². The molecule has 1 heterocycles. The Kier molecular flexibility index (Phi) is 4.76. The highest BCUT2D eigenvalue weighted by molar-refractivity contribution is 5.88. The lowest BCUT2D eigenvalue weighted by Crippen LogP contribution is -2.63. The van der Waals surface area contributed by atoms with Crippen molar-refractivity contribution >= 4 is 11.8 Å². The Balaban J connectivity index is 1.36. The normalized spacial score (nSPS) is 42.2. The van der Waals surface area contributed by atoms with E-state index in [2.05, 4.69) is 29.4 Å². The van der Waals surface area contributed by atoms with Crippen molar-refractivity contribution in [1.82, 2.24) is 15.5 Å². The lowest BCUT2D eigenvalue weighted by molar-refractivity contribution is -0.171. The zero-order chi connectivity index (χ0) is 18.5. The quantitative estimate of drug-likeness (QED) is 0.678. The van der Waals surface area contributed by atoms with Gasteiger partial charge in [-0.1, -0.05) is 0 Å². The molecule has 4 saturated carbocycles. The summed E-state index contributed by atoms with van der Waals surface area (Å²) in [7, 11) is 0. The molecule has 0 aromatic heterocycles. The Hall–Kier alpha value is -1.14. The smallest absolute Gasteiger partial charge is 0.237 e. The van der Waals surface area contributed by atoms with E-state index in [1.54, 1.807) is 0 Å². The summed E-state index contributed by atoms with van der Waals surface area (Å²) in [6, 6.07) is -0.177. The number of carbonyl (C=O) groups excluding carboxylic acids is 2. The molecular weight excluding hydrogens is 330 g/mol. The van der Waals surface area contributed by atoms with Crippen molar-refractivity contribution in [2.45, 2.75) is 70.1 Å². The van der Waals surface area contributed by atoms with Crippen LogP contribution in [0.1, 0.15) is 52.4 Å². The summed E-state index contributed by atoms with van der Waals surface area (Å²) >= 11 is 0. The molecule has 4 aliphatic carbocycles. The zero-order valence-electron chi connectivity index (χ0n) is 16.0. The van der Waals surface area contributed by atoms with Gasteiger partial charge in [0.25, 0.3) is 0 Å². The van der Waals surface area contributed by atoms with Crippen LogP contribution in [0.25, 0.3) is 0 Å². The summed E-state index contributed by atoms with van der Waals surface area (Å²) in [6.07, 6.45) is 5.98. The van der Waals surface area contributed by atoms with E-state index in [4.69, 9.17) is 0 Å². The Labute approximate surface area is 156 Å². The first-order valence-electron chi connectivity index (χ1n) is 10.4. The highest BCUT2D eigenvalue weighted by Gasteiger charge is 2.56. The SMILES string of the molecule is CC(C)N1CCNC(=O)[C@@H]1CC(=O)NCC1(O)C2CC3CC(C2)CC1C3. The standard InChI is InChI=1S/C20H33N3O3/c1-12(2)23-4-3-21-19(25)17(23)10-18(24)22-11-20(26)15-6-13-5-14(8-15)9-16(20)7-13/h12-17,26H,3-11H2,1-2H3,(H,21,25)(H,22,24)/t13?,14?,15?,16?,17-,20?/m0/s1. The maximum absolute atomic E-state index is 12.6. The molecule has 5 rings (SSSR count). The maximum atomic E-state index is 12.6. The first-order chi connectivity index (χ1) is 12.4. The first-order valence-corrected chi connectivity index (χ1v) is 10.4. The van der Waals surface area contributed by atoms with Gasteiger partial charge in [-0.05, 0) is 69.6 Å². The molecule has 6 nitrogen and oxygen atoms in total. The van der Waals surface area contributed by atoms with E-state index >= 15 is 0 Å².